The molecule has 30 heavy (non-hydrogen) atoms. The molecule has 152 valence electrons. The Labute approximate surface area is 280 Å². The Morgan fingerprint density at radius 3 is 0.700 bits per heavy atom. The molecular formula is C6H12Na5O16P3. The smallest absolute Gasteiger partial charge is 0.790 e. The second kappa shape index (κ2) is 20.2. The maximum absolute atomic E-state index is 10.1. The first kappa shape index (κ1) is 48.3. The Balaban J connectivity index is -0.0000000824. The van der Waals surface area contributed by atoms with Crippen molar-refractivity contribution in [1.29, 1.82) is 0 Å². The Bertz CT molecular complexity index is 499. The molecule has 24 heteroatoms. The van der Waals surface area contributed by atoms with Gasteiger partial charge in [0, 0.05) is 0 Å². The molecule has 0 aromatic carbocycles. The largest absolute Gasteiger partial charge is 1.00 e. The molecule has 0 aromatic heterocycles. The SMILES string of the molecule is O=P([O-])([O-])OP(=O)([O-])OP(=O)([O-])[O-].OC1C(O)C(O)C(O)C(O)C1O.[Na+].[Na+].[Na+].[Na+].[Na+]. The van der Waals surface area contributed by atoms with Crippen LogP contribution in [-0.2, 0) is 22.3 Å². The van der Waals surface area contributed by atoms with Gasteiger partial charge >= 0.3 is 148 Å². The third-order valence-corrected chi connectivity index (χ3v) is 5.70. The van der Waals surface area contributed by atoms with Crippen LogP contribution in [0.1, 0.15) is 0 Å². The van der Waals surface area contributed by atoms with Gasteiger partial charge in [0.05, 0.1) is 15.6 Å². The zero-order valence-corrected chi connectivity index (χ0v) is 29.3. The number of hydrogen-bond donors (Lipinski definition) is 6. The number of rotatable bonds is 4. The van der Waals surface area contributed by atoms with Gasteiger partial charge in [-0.25, -0.2) is 0 Å². The van der Waals surface area contributed by atoms with E-state index >= 15 is 0 Å². The van der Waals surface area contributed by atoms with E-state index in [1.165, 1.54) is 0 Å². The molecule has 0 spiro atoms. The van der Waals surface area contributed by atoms with Crippen LogP contribution in [0.15, 0.2) is 0 Å². The summed E-state index contributed by atoms with van der Waals surface area (Å²) >= 11 is 0. The second-order valence-corrected chi connectivity index (χ2v) is 8.44. The Morgan fingerprint density at radius 1 is 0.467 bits per heavy atom. The maximum Gasteiger partial charge on any atom is 1.00 e. The van der Waals surface area contributed by atoms with E-state index < -0.39 is 60.1 Å². The summed E-state index contributed by atoms with van der Waals surface area (Å²) in [5.74, 6) is 0. The quantitative estimate of drug-likeness (QED) is 0.140. The fourth-order valence-electron chi connectivity index (χ4n) is 1.47. The van der Waals surface area contributed by atoms with Crippen molar-refractivity contribution in [2.45, 2.75) is 36.6 Å². The van der Waals surface area contributed by atoms with Gasteiger partial charge in [-0.05, 0) is 0 Å². The molecule has 0 saturated heterocycles. The third kappa shape index (κ3) is 20.3. The van der Waals surface area contributed by atoms with Crippen LogP contribution >= 0.6 is 23.5 Å². The summed E-state index contributed by atoms with van der Waals surface area (Å²) in [7, 11) is -17.9. The van der Waals surface area contributed by atoms with E-state index in [1.807, 2.05) is 0 Å². The Kier molecular flexibility index (Phi) is 32.5. The molecule has 1 rings (SSSR count). The first-order chi connectivity index (χ1) is 10.9. The van der Waals surface area contributed by atoms with Crippen LogP contribution in [0.25, 0.3) is 0 Å². The zero-order chi connectivity index (χ0) is 20.4. The van der Waals surface area contributed by atoms with E-state index in [0.29, 0.717) is 0 Å². The second-order valence-electron chi connectivity index (χ2n) is 4.45. The van der Waals surface area contributed by atoms with Crippen molar-refractivity contribution in [2.75, 3.05) is 0 Å². The standard InChI is InChI=1S/C6H12O6.5Na.H5O10P3/c7-1-2(8)4(10)6(12)5(11)3(1)9;;;;;;1-11(2,3)9-13(7,8)10-12(4,5)6/h1-12H;;;;;;(H,7,8)(H2,1,2,3)(H2,4,5,6)/q;5*+1;/p-5. The van der Waals surface area contributed by atoms with Gasteiger partial charge in [-0.15, -0.1) is 0 Å². The van der Waals surface area contributed by atoms with Gasteiger partial charge in [-0.2, -0.15) is 0 Å². The van der Waals surface area contributed by atoms with E-state index in [0.717, 1.165) is 0 Å². The topological polar surface area (TPSA) is 306 Å². The van der Waals surface area contributed by atoms with Crippen molar-refractivity contribution in [3.8, 4) is 0 Å². The monoisotopic (exact) mass is 548 g/mol. The molecule has 0 aliphatic heterocycles. The fraction of sp³-hybridized carbons (Fsp3) is 1.00. The number of phosphoric acid groups is 3. The molecule has 0 aromatic rings. The molecule has 1 saturated carbocycles. The van der Waals surface area contributed by atoms with E-state index in [2.05, 4.69) is 8.62 Å². The van der Waals surface area contributed by atoms with Crippen LogP contribution in [0.4, 0.5) is 0 Å². The van der Waals surface area contributed by atoms with Crippen molar-refractivity contribution in [2.24, 2.45) is 0 Å². The minimum atomic E-state index is -5.97. The van der Waals surface area contributed by atoms with E-state index in [-0.39, 0.29) is 148 Å². The summed E-state index contributed by atoms with van der Waals surface area (Å²) < 4.78 is 34.7. The summed E-state index contributed by atoms with van der Waals surface area (Å²) in [6.45, 7) is 0. The van der Waals surface area contributed by atoms with Crippen LogP contribution < -0.4 is 172 Å². The fourth-order valence-corrected chi connectivity index (χ4v) is 3.82. The number of aliphatic hydroxyl groups excluding tert-OH is 6. The summed E-state index contributed by atoms with van der Waals surface area (Å²) in [6, 6.07) is 0. The maximum atomic E-state index is 10.1. The predicted molar refractivity (Wildman–Crippen MR) is 61.0 cm³/mol. The molecule has 16 nitrogen and oxygen atoms in total. The van der Waals surface area contributed by atoms with Gasteiger partial charge in [0.25, 0.3) is 7.82 Å². The van der Waals surface area contributed by atoms with Gasteiger partial charge in [0.1, 0.15) is 36.6 Å². The zero-order valence-electron chi connectivity index (χ0n) is 16.6. The van der Waals surface area contributed by atoms with Crippen LogP contribution in [0.5, 0.6) is 0 Å². The predicted octanol–water partition coefficient (Wildman–Crippen LogP) is -22.7. The van der Waals surface area contributed by atoms with E-state index in [4.69, 9.17) is 30.6 Å². The van der Waals surface area contributed by atoms with Crippen molar-refractivity contribution in [3.63, 3.8) is 0 Å². The molecule has 1 fully saturated rings. The van der Waals surface area contributed by atoms with Gasteiger partial charge in [0.15, 0.2) is 0 Å². The van der Waals surface area contributed by atoms with Crippen LogP contribution in [0.2, 0.25) is 0 Å². The normalized spacial score (nSPS) is 28.5. The average molecular weight is 548 g/mol. The van der Waals surface area contributed by atoms with E-state index in [1.54, 1.807) is 0 Å². The summed E-state index contributed by atoms with van der Waals surface area (Å²) in [4.78, 5) is 48.6. The van der Waals surface area contributed by atoms with Gasteiger partial charge in [0.2, 0.25) is 0 Å². The molecule has 0 atom stereocenters. The van der Waals surface area contributed by atoms with Gasteiger partial charge < -0.3 is 64.2 Å². The van der Waals surface area contributed by atoms with Gasteiger partial charge in [-0.1, -0.05) is 0 Å². The minimum absolute atomic E-state index is 0. The molecule has 0 radical (unpaired) electrons. The summed E-state index contributed by atoms with van der Waals surface area (Å²) in [5, 5.41) is 53.8. The molecule has 1 aliphatic rings. The Morgan fingerprint density at radius 2 is 0.600 bits per heavy atom. The van der Waals surface area contributed by atoms with Crippen LogP contribution in [0.3, 0.4) is 0 Å². The van der Waals surface area contributed by atoms with Crippen molar-refractivity contribution < 1.29 is 225 Å². The molecule has 0 amide bonds. The summed E-state index contributed by atoms with van der Waals surface area (Å²) in [5.41, 5.74) is 0. The molecule has 0 unspecified atom stereocenters. The first-order valence-corrected chi connectivity index (χ1v) is 10.1. The van der Waals surface area contributed by atoms with Gasteiger partial charge in [-0.3, -0.25) is 13.2 Å². The van der Waals surface area contributed by atoms with Crippen molar-refractivity contribution in [3.05, 3.63) is 0 Å². The van der Waals surface area contributed by atoms with Crippen LogP contribution in [-0.4, -0.2) is 67.3 Å². The summed E-state index contributed by atoms with van der Waals surface area (Å²) in [6.07, 6.45) is -9.84. The molecule has 0 bridgehead atoms. The van der Waals surface area contributed by atoms with Crippen LogP contribution in [0, 0.1) is 0 Å². The molecule has 6 N–H and O–H groups in total. The number of hydrogen-bond acceptors (Lipinski definition) is 16. The molecule has 1 aliphatic carbocycles. The van der Waals surface area contributed by atoms with Crippen molar-refractivity contribution >= 4 is 23.5 Å². The molecular weight excluding hydrogens is 536 g/mol. The third-order valence-electron chi connectivity index (χ3n) is 2.50. The molecule has 0 heterocycles. The Hall–Kier alpha value is 5.17. The minimum Gasteiger partial charge on any atom is -0.790 e. The van der Waals surface area contributed by atoms with Crippen molar-refractivity contribution in [1.82, 2.24) is 0 Å². The first-order valence-electron chi connectivity index (χ1n) is 5.74. The number of aliphatic hydroxyl groups is 6. The average Bonchev–Trinajstić information content (AvgIpc) is 2.36. The van der Waals surface area contributed by atoms with E-state index in [9.17, 15) is 38.2 Å².